The van der Waals surface area contributed by atoms with Crippen LogP contribution in [0.5, 0.6) is 0 Å². The third kappa shape index (κ3) is 3.16. The van der Waals surface area contributed by atoms with Crippen LogP contribution >= 0.6 is 24.0 Å². The van der Waals surface area contributed by atoms with Crippen molar-refractivity contribution in [1.29, 1.82) is 0 Å². The number of benzene rings is 2. The number of aromatic nitrogens is 2. The van der Waals surface area contributed by atoms with E-state index in [9.17, 15) is 10.1 Å². The van der Waals surface area contributed by atoms with Crippen LogP contribution in [0.2, 0.25) is 5.02 Å². The summed E-state index contributed by atoms with van der Waals surface area (Å²) >= 11 is 5.89. The zero-order chi connectivity index (χ0) is 15.9. The van der Waals surface area contributed by atoms with Gasteiger partial charge in [0.2, 0.25) is 0 Å². The lowest BCUT2D eigenvalue weighted by Crippen LogP contribution is -2.00. The Bertz CT molecular complexity index is 873. The van der Waals surface area contributed by atoms with E-state index in [0.717, 1.165) is 16.6 Å². The Labute approximate surface area is 144 Å². The van der Waals surface area contributed by atoms with Crippen LogP contribution in [0.15, 0.2) is 36.7 Å². The van der Waals surface area contributed by atoms with Crippen LogP contribution in [0.25, 0.3) is 11.0 Å². The number of fused-ring (bicyclic) bond motifs is 1. The minimum atomic E-state index is -0.357. The molecule has 0 saturated carbocycles. The average molecular weight is 352 g/mol. The van der Waals surface area contributed by atoms with Gasteiger partial charge in [-0.3, -0.25) is 10.1 Å². The highest BCUT2D eigenvalue weighted by molar-refractivity contribution is 6.30. The van der Waals surface area contributed by atoms with E-state index in [1.807, 2.05) is 41.8 Å². The van der Waals surface area contributed by atoms with Gasteiger partial charge < -0.3 is 4.57 Å². The Balaban J connectivity index is 0.00000192. The van der Waals surface area contributed by atoms with Crippen molar-refractivity contribution in [3.05, 3.63) is 68.5 Å². The van der Waals surface area contributed by atoms with Gasteiger partial charge in [-0.1, -0.05) is 23.7 Å². The molecular formula is C16H15Cl2N3O2. The number of nitrogens with zero attached hydrogens (tertiary/aromatic N) is 3. The lowest BCUT2D eigenvalue weighted by Gasteiger charge is -2.07. The second-order valence-electron chi connectivity index (χ2n) is 5.29. The molecule has 23 heavy (non-hydrogen) atoms. The maximum absolute atomic E-state index is 11.3. The molecule has 2 aromatic carbocycles. The minimum Gasteiger partial charge on any atom is -0.326 e. The van der Waals surface area contributed by atoms with Crippen LogP contribution in [0.3, 0.4) is 0 Å². The number of aryl methyl sites for hydroxylation is 1. The van der Waals surface area contributed by atoms with Crippen molar-refractivity contribution >= 4 is 40.7 Å². The normalized spacial score (nSPS) is 10.6. The molecule has 0 saturated heterocycles. The molecule has 0 radical (unpaired) electrons. The molecule has 0 aliphatic heterocycles. The Hall–Kier alpha value is -2.11. The van der Waals surface area contributed by atoms with E-state index in [-0.39, 0.29) is 23.0 Å². The van der Waals surface area contributed by atoms with Crippen molar-refractivity contribution in [3.63, 3.8) is 0 Å². The molecule has 0 fully saturated rings. The van der Waals surface area contributed by atoms with Gasteiger partial charge in [-0.05, 0) is 43.2 Å². The fourth-order valence-corrected chi connectivity index (χ4v) is 2.67. The van der Waals surface area contributed by atoms with E-state index in [0.29, 0.717) is 22.6 Å². The highest BCUT2D eigenvalue weighted by Crippen LogP contribution is 2.31. The van der Waals surface area contributed by atoms with Gasteiger partial charge in [-0.25, -0.2) is 4.98 Å². The third-order valence-corrected chi connectivity index (χ3v) is 4.10. The lowest BCUT2D eigenvalue weighted by atomic mass is 10.1. The molecule has 5 nitrogen and oxygen atoms in total. The van der Waals surface area contributed by atoms with Crippen molar-refractivity contribution < 1.29 is 4.92 Å². The molecule has 0 aliphatic carbocycles. The van der Waals surface area contributed by atoms with Crippen molar-refractivity contribution in [2.75, 3.05) is 0 Å². The summed E-state index contributed by atoms with van der Waals surface area (Å²) in [5.74, 6) is 0. The van der Waals surface area contributed by atoms with Crippen LogP contribution in [0, 0.1) is 24.0 Å². The van der Waals surface area contributed by atoms with E-state index in [2.05, 4.69) is 4.98 Å². The lowest BCUT2D eigenvalue weighted by molar-refractivity contribution is -0.383. The van der Waals surface area contributed by atoms with E-state index in [1.165, 1.54) is 0 Å². The zero-order valence-electron chi connectivity index (χ0n) is 12.6. The molecule has 3 rings (SSSR count). The summed E-state index contributed by atoms with van der Waals surface area (Å²) in [5, 5.41) is 12.0. The Morgan fingerprint density at radius 2 is 1.91 bits per heavy atom. The number of hydrogen-bond donors (Lipinski definition) is 0. The first-order chi connectivity index (χ1) is 10.5. The summed E-state index contributed by atoms with van der Waals surface area (Å²) in [5.41, 5.74) is 3.90. The average Bonchev–Trinajstić information content (AvgIpc) is 2.84. The largest absolute Gasteiger partial charge is 0.326 e. The van der Waals surface area contributed by atoms with Gasteiger partial charge in [-0.2, -0.15) is 0 Å². The quantitative estimate of drug-likeness (QED) is 0.508. The number of nitro groups is 1. The van der Waals surface area contributed by atoms with Gasteiger partial charge in [0.1, 0.15) is 0 Å². The molecule has 0 unspecified atom stereocenters. The van der Waals surface area contributed by atoms with E-state index < -0.39 is 0 Å². The predicted octanol–water partition coefficient (Wildman–Crippen LogP) is 4.68. The van der Waals surface area contributed by atoms with E-state index in [1.54, 1.807) is 13.3 Å². The Morgan fingerprint density at radius 3 is 2.52 bits per heavy atom. The number of rotatable bonds is 3. The molecule has 0 atom stereocenters. The standard InChI is InChI=1S/C16H14ClN3O2.ClH/c1-10-7-14-15(16(11(10)2)20(21)22)18-9-19(14)8-12-3-5-13(17)6-4-12;/h3-7,9H,8H2,1-2H3;1H. The zero-order valence-corrected chi connectivity index (χ0v) is 14.2. The molecule has 0 spiro atoms. The van der Waals surface area contributed by atoms with Gasteiger partial charge in [0, 0.05) is 17.1 Å². The molecule has 120 valence electrons. The second kappa shape index (κ2) is 6.56. The first-order valence-corrected chi connectivity index (χ1v) is 7.19. The van der Waals surface area contributed by atoms with Gasteiger partial charge in [0.15, 0.2) is 5.52 Å². The Morgan fingerprint density at radius 1 is 1.26 bits per heavy atom. The van der Waals surface area contributed by atoms with Gasteiger partial charge in [0.25, 0.3) is 5.69 Å². The number of nitro benzene ring substituents is 1. The van der Waals surface area contributed by atoms with Crippen LogP contribution in [0.4, 0.5) is 5.69 Å². The summed E-state index contributed by atoms with van der Waals surface area (Å²) < 4.78 is 1.91. The summed E-state index contributed by atoms with van der Waals surface area (Å²) in [6.07, 6.45) is 1.64. The monoisotopic (exact) mass is 351 g/mol. The highest BCUT2D eigenvalue weighted by atomic mass is 35.5. The number of halogens is 2. The summed E-state index contributed by atoms with van der Waals surface area (Å²) in [6.45, 7) is 4.22. The molecule has 0 amide bonds. The van der Waals surface area contributed by atoms with Crippen molar-refractivity contribution in [2.45, 2.75) is 20.4 Å². The molecule has 0 bridgehead atoms. The molecule has 0 N–H and O–H groups in total. The van der Waals surface area contributed by atoms with Crippen molar-refractivity contribution in [2.24, 2.45) is 0 Å². The number of imidazole rings is 1. The van der Waals surface area contributed by atoms with Gasteiger partial charge >= 0.3 is 0 Å². The van der Waals surface area contributed by atoms with Crippen LogP contribution in [-0.2, 0) is 6.54 Å². The third-order valence-electron chi connectivity index (χ3n) is 3.85. The molecule has 3 aromatic rings. The topological polar surface area (TPSA) is 61.0 Å². The maximum atomic E-state index is 11.3. The van der Waals surface area contributed by atoms with Gasteiger partial charge in [0.05, 0.1) is 16.8 Å². The van der Waals surface area contributed by atoms with Crippen molar-refractivity contribution in [1.82, 2.24) is 9.55 Å². The van der Waals surface area contributed by atoms with E-state index in [4.69, 9.17) is 11.6 Å². The van der Waals surface area contributed by atoms with E-state index >= 15 is 0 Å². The second-order valence-corrected chi connectivity index (χ2v) is 5.73. The van der Waals surface area contributed by atoms with Crippen molar-refractivity contribution in [3.8, 4) is 0 Å². The molecule has 0 aliphatic rings. The Kier molecular flexibility index (Phi) is 4.92. The number of hydrogen-bond acceptors (Lipinski definition) is 3. The summed E-state index contributed by atoms with van der Waals surface area (Å²) in [7, 11) is 0. The van der Waals surface area contributed by atoms with Crippen LogP contribution in [0.1, 0.15) is 16.7 Å². The molecular weight excluding hydrogens is 337 g/mol. The fraction of sp³-hybridized carbons (Fsp3) is 0.188. The first-order valence-electron chi connectivity index (χ1n) is 6.81. The smallest absolute Gasteiger partial charge is 0.300 e. The van der Waals surface area contributed by atoms with Crippen LogP contribution in [-0.4, -0.2) is 14.5 Å². The summed E-state index contributed by atoms with van der Waals surface area (Å²) in [6, 6.07) is 9.47. The minimum absolute atomic E-state index is 0. The predicted molar refractivity (Wildman–Crippen MR) is 93.7 cm³/mol. The molecule has 7 heteroatoms. The first kappa shape index (κ1) is 17.2. The molecule has 1 aromatic heterocycles. The maximum Gasteiger partial charge on any atom is 0.300 e. The molecule has 1 heterocycles. The van der Waals surface area contributed by atoms with Gasteiger partial charge in [-0.15, -0.1) is 12.4 Å². The van der Waals surface area contributed by atoms with Crippen LogP contribution < -0.4 is 0 Å². The SMILES string of the molecule is Cc1cc2c(ncn2Cc2ccc(Cl)cc2)c([N+](=O)[O-])c1C.Cl. The fourth-order valence-electron chi connectivity index (χ4n) is 2.54. The highest BCUT2D eigenvalue weighted by Gasteiger charge is 2.21. The summed E-state index contributed by atoms with van der Waals surface area (Å²) in [4.78, 5) is 15.2.